The molecule has 182 valence electrons. The quantitative estimate of drug-likeness (QED) is 0.519. The molecule has 0 amide bonds. The largest absolute Gasteiger partial charge is 0.368 e. The van der Waals surface area contributed by atoms with Crippen LogP contribution in [-0.4, -0.2) is 35.5 Å². The van der Waals surface area contributed by atoms with Gasteiger partial charge in [-0.25, -0.2) is 4.79 Å². The molecule has 1 aliphatic carbocycles. The van der Waals surface area contributed by atoms with Gasteiger partial charge >= 0.3 is 5.69 Å². The first kappa shape index (κ1) is 23.0. The number of rotatable bonds is 8. The Morgan fingerprint density at radius 3 is 2.77 bits per heavy atom. The summed E-state index contributed by atoms with van der Waals surface area (Å²) in [6.07, 6.45) is 15.9. The molecule has 3 aromatic rings. The van der Waals surface area contributed by atoms with E-state index in [4.69, 9.17) is 0 Å². The SMILES string of the molecule is CCCCc1cn(C2CCCCC2=O)c(=O)n1CC1(c2cccc(-c3nn[nH]n3)c2)C=CNC=C1. The molecule has 0 spiro atoms. The van der Waals surface area contributed by atoms with Crippen LogP contribution in [0.3, 0.4) is 0 Å². The number of benzene rings is 1. The van der Waals surface area contributed by atoms with Gasteiger partial charge in [0.25, 0.3) is 0 Å². The summed E-state index contributed by atoms with van der Waals surface area (Å²) in [5.41, 5.74) is 2.18. The number of ketones is 1. The lowest BCUT2D eigenvalue weighted by molar-refractivity contribution is -0.123. The molecular formula is C26H31N7O2. The molecule has 1 atom stereocenters. The fourth-order valence-corrected chi connectivity index (χ4v) is 5.14. The number of nitrogens with one attached hydrogen (secondary N) is 2. The summed E-state index contributed by atoms with van der Waals surface area (Å²) in [6.45, 7) is 2.58. The standard InChI is InChI=1S/C26H31N7O2/c1-2-3-9-21-17-32(22-10-4-5-11-23(22)34)25(35)33(21)18-26(12-14-27-15-13-26)20-8-6-7-19(16-20)24-28-30-31-29-24/h6-8,12-17,22,27H,2-5,9-11,18H2,1H3,(H,28,29,30,31). The highest BCUT2D eigenvalue weighted by molar-refractivity contribution is 5.83. The van der Waals surface area contributed by atoms with Crippen molar-refractivity contribution in [2.75, 3.05) is 0 Å². The number of aromatic amines is 1. The van der Waals surface area contributed by atoms with Crippen molar-refractivity contribution in [2.45, 2.75) is 69.9 Å². The third kappa shape index (κ3) is 4.50. The first-order valence-corrected chi connectivity index (χ1v) is 12.4. The van der Waals surface area contributed by atoms with Crippen LogP contribution >= 0.6 is 0 Å². The molecule has 1 aliphatic heterocycles. The van der Waals surface area contributed by atoms with Gasteiger partial charge in [0.1, 0.15) is 0 Å². The first-order chi connectivity index (χ1) is 17.1. The minimum absolute atomic E-state index is 0.106. The van der Waals surface area contributed by atoms with Crippen LogP contribution in [0, 0.1) is 0 Å². The Morgan fingerprint density at radius 1 is 1.17 bits per heavy atom. The monoisotopic (exact) mass is 473 g/mol. The Balaban J connectivity index is 1.58. The predicted octanol–water partition coefficient (Wildman–Crippen LogP) is 3.43. The van der Waals surface area contributed by atoms with E-state index in [2.05, 4.69) is 51.1 Å². The van der Waals surface area contributed by atoms with Crippen molar-refractivity contribution >= 4 is 5.78 Å². The number of nitrogens with zero attached hydrogens (tertiary/aromatic N) is 5. The molecule has 2 aromatic heterocycles. The molecule has 9 nitrogen and oxygen atoms in total. The van der Waals surface area contributed by atoms with Crippen molar-refractivity contribution < 1.29 is 4.79 Å². The zero-order valence-corrected chi connectivity index (χ0v) is 20.0. The van der Waals surface area contributed by atoms with E-state index in [-0.39, 0.29) is 17.5 Å². The molecular weight excluding hydrogens is 442 g/mol. The van der Waals surface area contributed by atoms with E-state index in [1.807, 2.05) is 41.4 Å². The summed E-state index contributed by atoms with van der Waals surface area (Å²) in [6, 6.07) is 7.67. The van der Waals surface area contributed by atoms with Crippen molar-refractivity contribution in [1.82, 2.24) is 35.1 Å². The summed E-state index contributed by atoms with van der Waals surface area (Å²) in [4.78, 5) is 26.5. The number of unbranched alkanes of at least 4 members (excludes halogenated alkanes) is 1. The topological polar surface area (TPSA) is 110 Å². The van der Waals surface area contributed by atoms with E-state index >= 15 is 0 Å². The number of aryl methyl sites for hydroxylation is 1. The van der Waals surface area contributed by atoms with Crippen LogP contribution in [0.4, 0.5) is 0 Å². The number of allylic oxidation sites excluding steroid dienone is 2. The van der Waals surface area contributed by atoms with Crippen LogP contribution in [0.2, 0.25) is 0 Å². The number of hydrogen-bond donors (Lipinski definition) is 2. The minimum Gasteiger partial charge on any atom is -0.368 e. The summed E-state index contributed by atoms with van der Waals surface area (Å²) in [5, 5.41) is 17.5. The molecule has 2 aliphatic rings. The second-order valence-electron chi connectivity index (χ2n) is 9.42. The Hall–Kier alpha value is -3.75. The summed E-state index contributed by atoms with van der Waals surface area (Å²) >= 11 is 0. The number of carbonyl (C=O) groups excluding carboxylic acids is 1. The van der Waals surface area contributed by atoms with Gasteiger partial charge < -0.3 is 5.32 Å². The lowest BCUT2D eigenvalue weighted by Gasteiger charge is -2.31. The van der Waals surface area contributed by atoms with Gasteiger partial charge in [-0.05, 0) is 54.9 Å². The molecule has 5 rings (SSSR count). The maximum Gasteiger partial charge on any atom is 0.329 e. The number of tetrazole rings is 1. The van der Waals surface area contributed by atoms with Crippen LogP contribution < -0.4 is 11.0 Å². The van der Waals surface area contributed by atoms with E-state index in [1.54, 1.807) is 4.57 Å². The maximum absolute atomic E-state index is 13.8. The maximum atomic E-state index is 13.8. The number of aromatic nitrogens is 6. The fraction of sp³-hybridized carbons (Fsp3) is 0.423. The molecule has 1 saturated carbocycles. The van der Waals surface area contributed by atoms with Gasteiger partial charge in [-0.3, -0.25) is 13.9 Å². The number of hydrogen-bond acceptors (Lipinski definition) is 6. The molecule has 9 heteroatoms. The first-order valence-electron chi connectivity index (χ1n) is 12.4. The van der Waals surface area contributed by atoms with Crippen molar-refractivity contribution in [3.63, 3.8) is 0 Å². The fourth-order valence-electron chi connectivity index (χ4n) is 5.14. The van der Waals surface area contributed by atoms with Crippen molar-refractivity contribution in [2.24, 2.45) is 0 Å². The number of imidazole rings is 1. The van der Waals surface area contributed by atoms with Crippen LogP contribution in [-0.2, 0) is 23.2 Å². The number of H-pyrrole nitrogens is 1. The lowest BCUT2D eigenvalue weighted by Crippen LogP contribution is -2.38. The van der Waals surface area contributed by atoms with Crippen molar-refractivity contribution in [1.29, 1.82) is 0 Å². The van der Waals surface area contributed by atoms with Gasteiger partial charge in [-0.15, -0.1) is 10.2 Å². The van der Waals surface area contributed by atoms with Crippen molar-refractivity contribution in [3.05, 3.63) is 76.8 Å². The lowest BCUT2D eigenvalue weighted by atomic mass is 9.78. The third-order valence-electron chi connectivity index (χ3n) is 7.11. The highest BCUT2D eigenvalue weighted by Crippen LogP contribution is 2.34. The molecule has 0 saturated heterocycles. The van der Waals surface area contributed by atoms with Gasteiger partial charge in [0.15, 0.2) is 5.78 Å². The molecule has 0 radical (unpaired) electrons. The van der Waals surface area contributed by atoms with Crippen LogP contribution in [0.25, 0.3) is 11.4 Å². The smallest absolute Gasteiger partial charge is 0.329 e. The second-order valence-corrected chi connectivity index (χ2v) is 9.42. The van der Waals surface area contributed by atoms with Gasteiger partial charge in [-0.1, -0.05) is 50.1 Å². The Morgan fingerprint density at radius 2 is 2.03 bits per heavy atom. The van der Waals surface area contributed by atoms with Crippen molar-refractivity contribution in [3.8, 4) is 11.4 Å². The van der Waals surface area contributed by atoms with Gasteiger partial charge in [0.2, 0.25) is 5.82 Å². The minimum atomic E-state index is -0.557. The molecule has 0 bridgehead atoms. The zero-order valence-electron chi connectivity index (χ0n) is 20.0. The average molecular weight is 474 g/mol. The van der Waals surface area contributed by atoms with E-state index in [9.17, 15) is 9.59 Å². The molecule has 1 aromatic carbocycles. The zero-order chi connectivity index (χ0) is 24.3. The Labute approximate surface area is 203 Å². The second kappa shape index (κ2) is 9.85. The van der Waals surface area contributed by atoms with Gasteiger partial charge in [0, 0.05) is 30.4 Å². The molecule has 1 unspecified atom stereocenters. The Kier molecular flexibility index (Phi) is 6.48. The molecule has 35 heavy (non-hydrogen) atoms. The summed E-state index contributed by atoms with van der Waals surface area (Å²) in [7, 11) is 0. The van der Waals surface area contributed by atoms with Gasteiger partial charge in [0.05, 0.1) is 11.5 Å². The van der Waals surface area contributed by atoms with E-state index < -0.39 is 5.41 Å². The van der Waals surface area contributed by atoms with Crippen LogP contribution in [0.5, 0.6) is 0 Å². The Bertz CT molecular complexity index is 1290. The molecule has 1 fully saturated rings. The number of dihydropyridines is 1. The number of Topliss-reactive ketones (excluding diaryl/α,β-unsaturated/α-hetero) is 1. The van der Waals surface area contributed by atoms with E-state index in [0.717, 1.165) is 55.3 Å². The highest BCUT2D eigenvalue weighted by Gasteiger charge is 2.33. The summed E-state index contributed by atoms with van der Waals surface area (Å²) < 4.78 is 3.57. The van der Waals surface area contributed by atoms with E-state index in [0.29, 0.717) is 18.8 Å². The van der Waals surface area contributed by atoms with E-state index in [1.165, 1.54) is 0 Å². The number of carbonyl (C=O) groups is 1. The highest BCUT2D eigenvalue weighted by atomic mass is 16.2. The molecule has 2 N–H and O–H groups in total. The normalized spacial score (nSPS) is 19.1. The summed E-state index contributed by atoms with van der Waals surface area (Å²) in [5.74, 6) is 0.688. The van der Waals surface area contributed by atoms with Crippen LogP contribution in [0.15, 0.2) is 59.8 Å². The molecule has 3 heterocycles. The average Bonchev–Trinajstić information content (AvgIpc) is 3.53. The van der Waals surface area contributed by atoms with Crippen LogP contribution in [0.1, 0.15) is 62.7 Å². The third-order valence-corrected chi connectivity index (χ3v) is 7.11. The van der Waals surface area contributed by atoms with Gasteiger partial charge in [-0.2, -0.15) is 5.21 Å². The predicted molar refractivity (Wildman–Crippen MR) is 133 cm³/mol.